The van der Waals surface area contributed by atoms with Gasteiger partial charge in [0, 0.05) is 28.3 Å². The summed E-state index contributed by atoms with van der Waals surface area (Å²) in [6, 6.07) is 0.514. The van der Waals surface area contributed by atoms with Crippen LogP contribution in [0.1, 0.15) is 40.0 Å². The Hall–Kier alpha value is 0.110. The molecule has 3 unspecified atom stereocenters. The predicted molar refractivity (Wildman–Crippen MR) is 67.5 cm³/mol. The van der Waals surface area contributed by atoms with Gasteiger partial charge in [0.15, 0.2) is 0 Å². The minimum atomic E-state index is -0.625. The van der Waals surface area contributed by atoms with Crippen LogP contribution in [0.15, 0.2) is 0 Å². The SMILES string of the molecule is CCNC(CS(=O)CC(C)CC)C1CC1. The molecule has 0 amide bonds. The van der Waals surface area contributed by atoms with Crippen LogP contribution in [0.3, 0.4) is 0 Å². The maximum Gasteiger partial charge on any atom is 0.0391 e. The molecule has 3 heteroatoms. The van der Waals surface area contributed by atoms with E-state index in [4.69, 9.17) is 0 Å². The summed E-state index contributed by atoms with van der Waals surface area (Å²) in [4.78, 5) is 0. The molecular formula is C12H25NOS. The minimum absolute atomic E-state index is 0.514. The Balaban J connectivity index is 2.27. The Kier molecular flexibility index (Phi) is 5.83. The monoisotopic (exact) mass is 231 g/mol. The molecule has 1 aliphatic rings. The average Bonchev–Trinajstić information content (AvgIpc) is 3.00. The lowest BCUT2D eigenvalue weighted by molar-refractivity contribution is 0.512. The van der Waals surface area contributed by atoms with Crippen LogP contribution in [0.5, 0.6) is 0 Å². The zero-order valence-electron chi connectivity index (χ0n) is 10.3. The smallest absolute Gasteiger partial charge is 0.0391 e. The first-order valence-corrected chi connectivity index (χ1v) is 7.74. The molecule has 15 heavy (non-hydrogen) atoms. The van der Waals surface area contributed by atoms with Crippen molar-refractivity contribution in [2.75, 3.05) is 18.1 Å². The van der Waals surface area contributed by atoms with E-state index in [1.807, 2.05) is 0 Å². The Bertz CT molecular complexity index is 204. The van der Waals surface area contributed by atoms with E-state index < -0.39 is 10.8 Å². The van der Waals surface area contributed by atoms with Crippen LogP contribution in [0, 0.1) is 11.8 Å². The maximum absolute atomic E-state index is 11.9. The van der Waals surface area contributed by atoms with Gasteiger partial charge in [0.05, 0.1) is 0 Å². The molecule has 90 valence electrons. The summed E-state index contributed by atoms with van der Waals surface area (Å²) in [5.74, 6) is 3.16. The van der Waals surface area contributed by atoms with E-state index in [-0.39, 0.29) is 0 Å². The zero-order valence-corrected chi connectivity index (χ0v) is 11.1. The van der Waals surface area contributed by atoms with Crippen LogP contribution in [0.25, 0.3) is 0 Å². The van der Waals surface area contributed by atoms with Gasteiger partial charge in [-0.25, -0.2) is 0 Å². The van der Waals surface area contributed by atoms with Crippen molar-refractivity contribution in [1.29, 1.82) is 0 Å². The number of hydrogen-bond donors (Lipinski definition) is 1. The van der Waals surface area contributed by atoms with E-state index in [1.165, 1.54) is 12.8 Å². The molecule has 3 atom stereocenters. The van der Waals surface area contributed by atoms with Gasteiger partial charge in [-0.3, -0.25) is 4.21 Å². The highest BCUT2D eigenvalue weighted by Crippen LogP contribution is 2.33. The highest BCUT2D eigenvalue weighted by atomic mass is 32.2. The number of hydrogen-bond acceptors (Lipinski definition) is 2. The maximum atomic E-state index is 11.9. The molecule has 0 aromatic rings. The standard InChI is InChI=1S/C12H25NOS/c1-4-10(3)8-15(14)9-12(13-5-2)11-6-7-11/h10-13H,4-9H2,1-3H3. The summed E-state index contributed by atoms with van der Waals surface area (Å²) in [6.07, 6.45) is 3.80. The summed E-state index contributed by atoms with van der Waals surface area (Å²) in [7, 11) is -0.625. The zero-order chi connectivity index (χ0) is 11.3. The second-order valence-corrected chi connectivity index (χ2v) is 6.33. The van der Waals surface area contributed by atoms with Crippen molar-refractivity contribution < 1.29 is 4.21 Å². The lowest BCUT2D eigenvalue weighted by Gasteiger charge is -2.17. The van der Waals surface area contributed by atoms with Crippen LogP contribution in [-0.4, -0.2) is 28.3 Å². The van der Waals surface area contributed by atoms with Crippen LogP contribution in [0.4, 0.5) is 0 Å². The van der Waals surface area contributed by atoms with Gasteiger partial charge >= 0.3 is 0 Å². The molecule has 0 aromatic heterocycles. The largest absolute Gasteiger partial charge is 0.313 e. The Morgan fingerprint density at radius 3 is 2.47 bits per heavy atom. The van der Waals surface area contributed by atoms with Crippen molar-refractivity contribution in [3.8, 4) is 0 Å². The second kappa shape index (κ2) is 6.64. The molecule has 0 radical (unpaired) electrons. The van der Waals surface area contributed by atoms with Crippen LogP contribution < -0.4 is 5.32 Å². The molecule has 0 spiro atoms. The Labute approximate surface area is 96.7 Å². The van der Waals surface area contributed by atoms with E-state index >= 15 is 0 Å². The van der Waals surface area contributed by atoms with Crippen molar-refractivity contribution in [3.63, 3.8) is 0 Å². The summed E-state index contributed by atoms with van der Waals surface area (Å²) < 4.78 is 11.9. The van der Waals surface area contributed by atoms with Gasteiger partial charge in [-0.05, 0) is 31.2 Å². The molecule has 1 N–H and O–H groups in total. The van der Waals surface area contributed by atoms with E-state index in [0.717, 1.165) is 30.4 Å². The molecule has 0 aromatic carbocycles. The van der Waals surface area contributed by atoms with E-state index in [1.54, 1.807) is 0 Å². The summed E-state index contributed by atoms with van der Waals surface area (Å²) >= 11 is 0. The quantitative estimate of drug-likeness (QED) is 0.693. The first-order valence-electron chi connectivity index (χ1n) is 6.25. The molecule has 1 rings (SSSR count). The first kappa shape index (κ1) is 13.2. The molecule has 0 aliphatic heterocycles. The molecule has 1 fully saturated rings. The summed E-state index contributed by atoms with van der Waals surface area (Å²) in [5, 5.41) is 3.47. The lowest BCUT2D eigenvalue weighted by Crippen LogP contribution is -2.36. The van der Waals surface area contributed by atoms with Crippen molar-refractivity contribution in [2.24, 2.45) is 11.8 Å². The Morgan fingerprint density at radius 2 is 2.00 bits per heavy atom. The molecule has 0 heterocycles. The average molecular weight is 231 g/mol. The van der Waals surface area contributed by atoms with Gasteiger partial charge < -0.3 is 5.32 Å². The third-order valence-corrected chi connectivity index (χ3v) is 4.86. The Morgan fingerprint density at radius 1 is 1.33 bits per heavy atom. The van der Waals surface area contributed by atoms with E-state index in [9.17, 15) is 4.21 Å². The topological polar surface area (TPSA) is 29.1 Å². The molecular weight excluding hydrogens is 206 g/mol. The van der Waals surface area contributed by atoms with E-state index in [0.29, 0.717) is 12.0 Å². The van der Waals surface area contributed by atoms with Crippen molar-refractivity contribution in [3.05, 3.63) is 0 Å². The van der Waals surface area contributed by atoms with Gasteiger partial charge in [-0.15, -0.1) is 0 Å². The van der Waals surface area contributed by atoms with Gasteiger partial charge in [0.1, 0.15) is 0 Å². The predicted octanol–water partition coefficient (Wildman–Crippen LogP) is 2.17. The fourth-order valence-electron chi connectivity index (χ4n) is 1.83. The first-order chi connectivity index (χ1) is 7.17. The summed E-state index contributed by atoms with van der Waals surface area (Å²) in [5.41, 5.74) is 0. The third kappa shape index (κ3) is 5.12. The van der Waals surface area contributed by atoms with Gasteiger partial charge in [-0.1, -0.05) is 27.2 Å². The van der Waals surface area contributed by atoms with E-state index in [2.05, 4.69) is 26.1 Å². The normalized spacial score (nSPS) is 22.3. The van der Waals surface area contributed by atoms with Gasteiger partial charge in [-0.2, -0.15) is 0 Å². The second-order valence-electron chi connectivity index (χ2n) is 4.79. The van der Waals surface area contributed by atoms with Crippen molar-refractivity contribution in [2.45, 2.75) is 46.1 Å². The van der Waals surface area contributed by atoms with Gasteiger partial charge in [0.25, 0.3) is 0 Å². The van der Waals surface area contributed by atoms with Gasteiger partial charge in [0.2, 0.25) is 0 Å². The highest BCUT2D eigenvalue weighted by Gasteiger charge is 2.31. The van der Waals surface area contributed by atoms with Crippen LogP contribution in [-0.2, 0) is 10.8 Å². The number of rotatable bonds is 8. The van der Waals surface area contributed by atoms with Crippen molar-refractivity contribution >= 4 is 10.8 Å². The molecule has 0 saturated heterocycles. The highest BCUT2D eigenvalue weighted by molar-refractivity contribution is 7.85. The van der Waals surface area contributed by atoms with Crippen LogP contribution >= 0.6 is 0 Å². The fraction of sp³-hybridized carbons (Fsp3) is 1.00. The molecule has 1 aliphatic carbocycles. The van der Waals surface area contributed by atoms with Crippen molar-refractivity contribution in [1.82, 2.24) is 5.32 Å². The number of nitrogens with one attached hydrogen (secondary N) is 1. The molecule has 0 bridgehead atoms. The van der Waals surface area contributed by atoms with Crippen LogP contribution in [0.2, 0.25) is 0 Å². The third-order valence-electron chi connectivity index (χ3n) is 3.19. The minimum Gasteiger partial charge on any atom is -0.313 e. The fourth-order valence-corrected chi connectivity index (χ4v) is 3.62. The summed E-state index contributed by atoms with van der Waals surface area (Å²) in [6.45, 7) is 7.50. The lowest BCUT2D eigenvalue weighted by atomic mass is 10.2. The molecule has 1 saturated carbocycles. The molecule has 2 nitrogen and oxygen atoms in total.